The number of rotatable bonds is 11. The van der Waals surface area contributed by atoms with Crippen molar-refractivity contribution < 1.29 is 14.3 Å². The van der Waals surface area contributed by atoms with Crippen molar-refractivity contribution in [1.29, 1.82) is 0 Å². The lowest BCUT2D eigenvalue weighted by atomic mass is 9.80. The van der Waals surface area contributed by atoms with Crippen LogP contribution in [0.4, 0.5) is 4.79 Å². The molecule has 28 heavy (non-hydrogen) atoms. The monoisotopic (exact) mass is 392 g/mol. The molecule has 1 aromatic rings. The third kappa shape index (κ3) is 7.48. The van der Waals surface area contributed by atoms with Gasteiger partial charge in [0.05, 0.1) is 5.54 Å². The molecule has 0 aliphatic rings. The van der Waals surface area contributed by atoms with Crippen LogP contribution in [0.25, 0.3) is 0 Å². The van der Waals surface area contributed by atoms with Gasteiger partial charge in [-0.15, -0.1) is 0 Å². The van der Waals surface area contributed by atoms with Crippen LogP contribution in [0, 0.1) is 5.92 Å². The highest BCUT2D eigenvalue weighted by molar-refractivity contribution is 5.84. The molecule has 1 rings (SSSR count). The minimum atomic E-state index is -1.13. The molecule has 0 radical (unpaired) electrons. The Kier molecular flexibility index (Phi) is 9.41. The molecule has 7 heteroatoms. The predicted molar refractivity (Wildman–Crippen MR) is 112 cm³/mol. The number of benzene rings is 1. The lowest BCUT2D eigenvalue weighted by Crippen LogP contribution is -2.54. The molecule has 0 spiro atoms. The van der Waals surface area contributed by atoms with E-state index in [9.17, 15) is 9.59 Å². The molecule has 0 saturated heterocycles. The van der Waals surface area contributed by atoms with E-state index in [1.807, 2.05) is 63.2 Å². The van der Waals surface area contributed by atoms with Gasteiger partial charge in [0.15, 0.2) is 0 Å². The lowest BCUT2D eigenvalue weighted by Gasteiger charge is -2.33. The van der Waals surface area contributed by atoms with Crippen LogP contribution in [0.15, 0.2) is 30.3 Å². The molecular formula is C21H36N4O3. The SMILES string of the molecule is CCC(N)(CC(Cc1ccccc1)[C@@H](C)OC(=O)N(C)CCN(C)C)C(N)=O. The second-order valence-corrected chi connectivity index (χ2v) is 7.84. The van der Waals surface area contributed by atoms with Crippen LogP contribution < -0.4 is 11.5 Å². The number of hydrogen-bond acceptors (Lipinski definition) is 5. The number of carbonyl (C=O) groups is 2. The summed E-state index contributed by atoms with van der Waals surface area (Å²) in [6.45, 7) is 5.01. The molecular weight excluding hydrogens is 356 g/mol. The van der Waals surface area contributed by atoms with Gasteiger partial charge in [-0.05, 0) is 45.8 Å². The zero-order valence-electron chi connectivity index (χ0n) is 17.9. The third-order valence-corrected chi connectivity index (χ3v) is 5.23. The molecule has 1 aromatic carbocycles. The van der Waals surface area contributed by atoms with Crippen LogP contribution in [0.3, 0.4) is 0 Å². The summed E-state index contributed by atoms with van der Waals surface area (Å²) in [5.41, 5.74) is 11.8. The van der Waals surface area contributed by atoms with E-state index in [0.717, 1.165) is 12.1 Å². The van der Waals surface area contributed by atoms with Crippen molar-refractivity contribution in [2.45, 2.75) is 44.8 Å². The maximum Gasteiger partial charge on any atom is 0.409 e. The average molecular weight is 393 g/mol. The molecule has 0 aromatic heterocycles. The highest BCUT2D eigenvalue weighted by atomic mass is 16.6. The fraction of sp³-hybridized carbons (Fsp3) is 0.619. The zero-order chi connectivity index (χ0) is 21.3. The quantitative estimate of drug-likeness (QED) is 0.598. The van der Waals surface area contributed by atoms with Crippen LogP contribution >= 0.6 is 0 Å². The van der Waals surface area contributed by atoms with Crippen molar-refractivity contribution in [3.8, 4) is 0 Å². The van der Waals surface area contributed by atoms with E-state index in [2.05, 4.69) is 0 Å². The summed E-state index contributed by atoms with van der Waals surface area (Å²) in [5, 5.41) is 0. The van der Waals surface area contributed by atoms with Gasteiger partial charge in [0.2, 0.25) is 5.91 Å². The molecule has 0 saturated carbocycles. The van der Waals surface area contributed by atoms with Crippen molar-refractivity contribution in [2.24, 2.45) is 17.4 Å². The van der Waals surface area contributed by atoms with Gasteiger partial charge < -0.3 is 26.0 Å². The van der Waals surface area contributed by atoms with Gasteiger partial charge in [-0.3, -0.25) is 4.79 Å². The Balaban J connectivity index is 2.90. The maximum atomic E-state index is 12.5. The van der Waals surface area contributed by atoms with Crippen molar-refractivity contribution in [3.63, 3.8) is 0 Å². The average Bonchev–Trinajstić information content (AvgIpc) is 2.65. The normalized spacial score (nSPS) is 15.5. The number of likely N-dealkylation sites (N-methyl/N-ethyl adjacent to an activating group) is 2. The number of nitrogens with two attached hydrogens (primary N) is 2. The molecule has 158 valence electrons. The van der Waals surface area contributed by atoms with Crippen molar-refractivity contribution in [2.75, 3.05) is 34.2 Å². The Morgan fingerprint density at radius 3 is 2.25 bits per heavy atom. The predicted octanol–water partition coefficient (Wildman–Crippen LogP) is 1.85. The second-order valence-electron chi connectivity index (χ2n) is 7.84. The van der Waals surface area contributed by atoms with Gasteiger partial charge in [0, 0.05) is 26.1 Å². The molecule has 7 nitrogen and oxygen atoms in total. The number of primary amides is 1. The molecule has 0 bridgehead atoms. The van der Waals surface area contributed by atoms with Crippen LogP contribution in [0.1, 0.15) is 32.3 Å². The Bertz CT molecular complexity index is 623. The fourth-order valence-corrected chi connectivity index (χ4v) is 2.99. The van der Waals surface area contributed by atoms with E-state index in [1.165, 1.54) is 0 Å². The van der Waals surface area contributed by atoms with Crippen LogP contribution in [-0.4, -0.2) is 67.7 Å². The summed E-state index contributed by atoms with van der Waals surface area (Å²) < 4.78 is 5.71. The molecule has 0 aliphatic carbocycles. The van der Waals surface area contributed by atoms with Gasteiger partial charge in [0.25, 0.3) is 0 Å². The van der Waals surface area contributed by atoms with Gasteiger partial charge in [0.1, 0.15) is 6.10 Å². The summed E-state index contributed by atoms with van der Waals surface area (Å²) in [6.07, 6.45) is 0.623. The van der Waals surface area contributed by atoms with Gasteiger partial charge in [-0.25, -0.2) is 4.79 Å². The van der Waals surface area contributed by atoms with Crippen LogP contribution in [0.2, 0.25) is 0 Å². The number of hydrogen-bond donors (Lipinski definition) is 2. The molecule has 3 atom stereocenters. The minimum Gasteiger partial charge on any atom is -0.446 e. The second kappa shape index (κ2) is 11.0. The standard InChI is InChI=1S/C21H36N4O3/c1-6-21(23,19(22)26)15-18(14-17-10-8-7-9-11-17)16(2)28-20(27)25(5)13-12-24(3)4/h7-11,16,18H,6,12-15,23H2,1-5H3,(H2,22,26)/t16-,18?,21?/m1/s1. The zero-order valence-corrected chi connectivity index (χ0v) is 17.9. The Hall–Kier alpha value is -2.12. The molecule has 4 N–H and O–H groups in total. The van der Waals surface area contributed by atoms with E-state index < -0.39 is 17.6 Å². The fourth-order valence-electron chi connectivity index (χ4n) is 2.99. The van der Waals surface area contributed by atoms with Gasteiger partial charge >= 0.3 is 6.09 Å². The van der Waals surface area contributed by atoms with Gasteiger partial charge in [-0.1, -0.05) is 37.3 Å². The largest absolute Gasteiger partial charge is 0.446 e. The first-order chi connectivity index (χ1) is 13.1. The number of amides is 2. The van der Waals surface area contributed by atoms with E-state index in [1.54, 1.807) is 11.9 Å². The summed E-state index contributed by atoms with van der Waals surface area (Å²) in [4.78, 5) is 27.9. The topological polar surface area (TPSA) is 102 Å². The van der Waals surface area contributed by atoms with Gasteiger partial charge in [-0.2, -0.15) is 0 Å². The Labute approximate surface area is 169 Å². The minimum absolute atomic E-state index is 0.133. The highest BCUT2D eigenvalue weighted by Crippen LogP contribution is 2.26. The summed E-state index contributed by atoms with van der Waals surface area (Å²) in [7, 11) is 5.62. The van der Waals surface area contributed by atoms with E-state index >= 15 is 0 Å². The van der Waals surface area contributed by atoms with Crippen molar-refractivity contribution >= 4 is 12.0 Å². The highest BCUT2D eigenvalue weighted by Gasteiger charge is 2.36. The number of nitrogens with zero attached hydrogens (tertiary/aromatic N) is 2. The van der Waals surface area contributed by atoms with E-state index in [4.69, 9.17) is 16.2 Å². The molecule has 2 unspecified atom stereocenters. The first-order valence-corrected chi connectivity index (χ1v) is 9.78. The number of ether oxygens (including phenoxy) is 1. The summed E-state index contributed by atoms with van der Waals surface area (Å²) in [5.74, 6) is -0.666. The summed E-state index contributed by atoms with van der Waals surface area (Å²) in [6, 6.07) is 9.89. The molecule has 2 amide bonds. The first kappa shape index (κ1) is 23.9. The first-order valence-electron chi connectivity index (χ1n) is 9.78. The van der Waals surface area contributed by atoms with Crippen molar-refractivity contribution in [1.82, 2.24) is 9.80 Å². The smallest absolute Gasteiger partial charge is 0.409 e. The molecule has 0 aliphatic heterocycles. The van der Waals surface area contributed by atoms with E-state index in [0.29, 0.717) is 25.8 Å². The third-order valence-electron chi connectivity index (χ3n) is 5.23. The van der Waals surface area contributed by atoms with Crippen molar-refractivity contribution in [3.05, 3.63) is 35.9 Å². The Morgan fingerprint density at radius 2 is 1.75 bits per heavy atom. The molecule has 0 heterocycles. The summed E-state index contributed by atoms with van der Waals surface area (Å²) >= 11 is 0. The number of carbonyl (C=O) groups excluding carboxylic acids is 2. The molecule has 0 fully saturated rings. The van der Waals surface area contributed by atoms with Crippen LogP contribution in [-0.2, 0) is 16.0 Å². The van der Waals surface area contributed by atoms with Crippen LogP contribution in [0.5, 0.6) is 0 Å². The van der Waals surface area contributed by atoms with E-state index in [-0.39, 0.29) is 12.0 Å². The maximum absolute atomic E-state index is 12.5. The Morgan fingerprint density at radius 1 is 1.14 bits per heavy atom. The lowest BCUT2D eigenvalue weighted by molar-refractivity contribution is -0.124.